The Balaban J connectivity index is 2.47. The fourth-order valence-corrected chi connectivity index (χ4v) is 3.99. The van der Waals surface area contributed by atoms with Crippen LogP contribution in [0.1, 0.15) is 39.2 Å². The SMILES string of the molecule is CCOC(=O)C(C)NP(=O)(Oc1ccc(C(C)C)cc1)Oc1c(F)c(F)c(F)c(F)c1F. The second-order valence-electron chi connectivity index (χ2n) is 6.91. The second-order valence-corrected chi connectivity index (χ2v) is 8.52. The van der Waals surface area contributed by atoms with Crippen LogP contribution in [0.4, 0.5) is 22.0 Å². The molecule has 0 saturated carbocycles. The number of carbonyl (C=O) groups excluding carboxylic acids is 1. The predicted molar refractivity (Wildman–Crippen MR) is 105 cm³/mol. The van der Waals surface area contributed by atoms with Crippen molar-refractivity contribution >= 4 is 13.7 Å². The molecule has 1 N–H and O–H groups in total. The lowest BCUT2D eigenvalue weighted by atomic mass is 10.0. The van der Waals surface area contributed by atoms with Crippen LogP contribution in [-0.4, -0.2) is 18.6 Å². The van der Waals surface area contributed by atoms with Crippen LogP contribution in [0.15, 0.2) is 24.3 Å². The maximum atomic E-state index is 14.1. The number of nitrogens with one attached hydrogen (secondary N) is 1. The van der Waals surface area contributed by atoms with Crippen molar-refractivity contribution in [3.05, 3.63) is 58.9 Å². The van der Waals surface area contributed by atoms with Crippen LogP contribution in [0, 0.1) is 29.1 Å². The van der Waals surface area contributed by atoms with Crippen molar-refractivity contribution in [3.8, 4) is 11.5 Å². The van der Waals surface area contributed by atoms with E-state index in [9.17, 15) is 31.3 Å². The molecule has 0 spiro atoms. The van der Waals surface area contributed by atoms with Crippen LogP contribution in [0.5, 0.6) is 11.5 Å². The largest absolute Gasteiger partial charge is 0.513 e. The van der Waals surface area contributed by atoms with Gasteiger partial charge in [-0.25, -0.2) is 17.7 Å². The van der Waals surface area contributed by atoms with Crippen molar-refractivity contribution in [2.75, 3.05) is 6.61 Å². The predicted octanol–water partition coefficient (Wildman–Crippen LogP) is 5.61. The molecular formula is C20H21F5NO5P. The highest BCUT2D eigenvalue weighted by Crippen LogP contribution is 2.47. The average Bonchev–Trinajstić information content (AvgIpc) is 2.74. The van der Waals surface area contributed by atoms with Gasteiger partial charge in [0, 0.05) is 0 Å². The molecule has 2 rings (SSSR count). The Labute approximate surface area is 181 Å². The standard InChI is InChI=1S/C20H21F5NO5P/c1-5-29-20(27)11(4)26-32(28,30-13-8-6-12(7-9-13)10(2)3)31-19-17(24)15(22)14(21)16(23)18(19)25/h6-11H,5H2,1-4H3,(H,26,28). The number of rotatable bonds is 9. The van der Waals surface area contributed by atoms with Crippen molar-refractivity contribution < 1.29 is 45.1 Å². The summed E-state index contributed by atoms with van der Waals surface area (Å²) < 4.78 is 96.5. The lowest BCUT2D eigenvalue weighted by Gasteiger charge is -2.23. The smallest absolute Gasteiger partial charge is 0.465 e. The number of halogens is 5. The number of hydrogen-bond donors (Lipinski definition) is 1. The summed E-state index contributed by atoms with van der Waals surface area (Å²) in [5.41, 5.74) is 0.876. The number of benzene rings is 2. The van der Waals surface area contributed by atoms with E-state index in [1.807, 2.05) is 13.8 Å². The van der Waals surface area contributed by atoms with Crippen LogP contribution < -0.4 is 14.1 Å². The average molecular weight is 481 g/mol. The maximum absolute atomic E-state index is 14.1. The fourth-order valence-electron chi connectivity index (χ4n) is 2.47. The third kappa shape index (κ3) is 5.77. The van der Waals surface area contributed by atoms with Gasteiger partial charge >= 0.3 is 13.7 Å². The maximum Gasteiger partial charge on any atom is 0.513 e. The van der Waals surface area contributed by atoms with Gasteiger partial charge < -0.3 is 13.8 Å². The van der Waals surface area contributed by atoms with E-state index < -0.39 is 54.6 Å². The summed E-state index contributed by atoms with van der Waals surface area (Å²) in [7, 11) is -4.93. The van der Waals surface area contributed by atoms with Crippen LogP contribution >= 0.6 is 7.75 Å². The molecule has 0 heterocycles. The Bertz CT molecular complexity index is 1000. The molecule has 0 aliphatic heterocycles. The van der Waals surface area contributed by atoms with Gasteiger partial charge in [0.05, 0.1) is 6.61 Å². The molecule has 2 aromatic carbocycles. The lowest BCUT2D eigenvalue weighted by Crippen LogP contribution is -2.36. The summed E-state index contributed by atoms with van der Waals surface area (Å²) in [6, 6.07) is 4.55. The molecule has 0 radical (unpaired) electrons. The first-order valence-electron chi connectivity index (χ1n) is 9.45. The molecule has 0 fully saturated rings. The Morgan fingerprint density at radius 2 is 1.41 bits per heavy atom. The quantitative estimate of drug-likeness (QED) is 0.165. The first kappa shape index (κ1) is 25.6. The summed E-state index contributed by atoms with van der Waals surface area (Å²) in [4.78, 5) is 11.9. The molecular weight excluding hydrogens is 460 g/mol. The van der Waals surface area contributed by atoms with Gasteiger partial charge in [-0.1, -0.05) is 26.0 Å². The summed E-state index contributed by atoms with van der Waals surface area (Å²) in [5, 5.41) is 2.08. The molecule has 32 heavy (non-hydrogen) atoms. The molecule has 2 aromatic rings. The molecule has 176 valence electrons. The van der Waals surface area contributed by atoms with Gasteiger partial charge in [-0.3, -0.25) is 4.79 Å². The topological polar surface area (TPSA) is 73.9 Å². The fraction of sp³-hybridized carbons (Fsp3) is 0.350. The van der Waals surface area contributed by atoms with Crippen molar-refractivity contribution in [1.29, 1.82) is 0 Å². The van der Waals surface area contributed by atoms with Gasteiger partial charge in [0.15, 0.2) is 0 Å². The summed E-state index contributed by atoms with van der Waals surface area (Å²) in [6.07, 6.45) is 0. The number of carbonyl (C=O) groups is 1. The minimum Gasteiger partial charge on any atom is -0.465 e. The molecule has 6 nitrogen and oxygen atoms in total. The van der Waals surface area contributed by atoms with E-state index in [1.165, 1.54) is 26.0 Å². The highest BCUT2D eigenvalue weighted by atomic mass is 31.2. The Hall–Kier alpha value is -2.65. The van der Waals surface area contributed by atoms with Crippen molar-refractivity contribution in [2.45, 2.75) is 39.7 Å². The number of ether oxygens (including phenoxy) is 1. The summed E-state index contributed by atoms with van der Waals surface area (Å²) >= 11 is 0. The second kappa shape index (κ2) is 10.3. The van der Waals surface area contributed by atoms with Crippen molar-refractivity contribution in [3.63, 3.8) is 0 Å². The molecule has 0 amide bonds. The Kier molecular flexibility index (Phi) is 8.25. The first-order chi connectivity index (χ1) is 14.9. The normalized spacial score (nSPS) is 14.1. The molecule has 0 saturated heterocycles. The van der Waals surface area contributed by atoms with Gasteiger partial charge in [0.25, 0.3) is 0 Å². The number of hydrogen-bond acceptors (Lipinski definition) is 5. The van der Waals surface area contributed by atoms with Gasteiger partial charge in [-0.15, -0.1) is 0 Å². The van der Waals surface area contributed by atoms with E-state index in [1.54, 1.807) is 12.1 Å². The third-order valence-corrected chi connectivity index (χ3v) is 5.72. The Morgan fingerprint density at radius 1 is 0.906 bits per heavy atom. The molecule has 12 heteroatoms. The minimum atomic E-state index is -4.93. The van der Waals surface area contributed by atoms with Gasteiger partial charge in [-0.2, -0.15) is 13.9 Å². The van der Waals surface area contributed by atoms with Crippen molar-refractivity contribution in [1.82, 2.24) is 5.09 Å². The van der Waals surface area contributed by atoms with Gasteiger partial charge in [0.2, 0.25) is 34.8 Å². The first-order valence-corrected chi connectivity index (χ1v) is 11.0. The van der Waals surface area contributed by atoms with E-state index >= 15 is 0 Å². The molecule has 2 atom stereocenters. The van der Waals surface area contributed by atoms with Crippen LogP contribution in [0.3, 0.4) is 0 Å². The zero-order valence-corrected chi connectivity index (χ0v) is 18.4. The third-order valence-electron chi connectivity index (χ3n) is 4.15. The summed E-state index contributed by atoms with van der Waals surface area (Å²) in [5.74, 6) is -14.5. The number of esters is 1. The van der Waals surface area contributed by atoms with Crippen molar-refractivity contribution in [2.24, 2.45) is 0 Å². The zero-order valence-electron chi connectivity index (χ0n) is 17.5. The van der Waals surface area contributed by atoms with E-state index in [0.29, 0.717) is 0 Å². The molecule has 0 bridgehead atoms. The van der Waals surface area contributed by atoms with E-state index in [4.69, 9.17) is 9.26 Å². The van der Waals surface area contributed by atoms with Crippen LogP contribution in [-0.2, 0) is 14.1 Å². The highest BCUT2D eigenvalue weighted by Gasteiger charge is 2.38. The monoisotopic (exact) mass is 481 g/mol. The molecule has 2 unspecified atom stereocenters. The Morgan fingerprint density at radius 3 is 1.88 bits per heavy atom. The highest BCUT2D eigenvalue weighted by molar-refractivity contribution is 7.52. The van der Waals surface area contributed by atoms with E-state index in [-0.39, 0.29) is 18.3 Å². The summed E-state index contributed by atoms with van der Waals surface area (Å²) in [6.45, 7) is 6.47. The lowest BCUT2D eigenvalue weighted by molar-refractivity contribution is -0.144. The van der Waals surface area contributed by atoms with Gasteiger partial charge in [-0.05, 0) is 37.5 Å². The van der Waals surface area contributed by atoms with Crippen LogP contribution in [0.2, 0.25) is 0 Å². The van der Waals surface area contributed by atoms with Gasteiger partial charge in [0.1, 0.15) is 11.8 Å². The minimum absolute atomic E-state index is 0.0365. The molecule has 0 aliphatic rings. The zero-order chi connectivity index (χ0) is 24.2. The van der Waals surface area contributed by atoms with E-state index in [2.05, 4.69) is 9.61 Å². The molecule has 0 aromatic heterocycles. The van der Waals surface area contributed by atoms with Crippen LogP contribution in [0.25, 0.3) is 0 Å². The van der Waals surface area contributed by atoms with E-state index in [0.717, 1.165) is 5.56 Å². The molecule has 0 aliphatic carbocycles.